The first-order chi connectivity index (χ1) is 9.06. The Morgan fingerprint density at radius 1 is 1.32 bits per heavy atom. The summed E-state index contributed by atoms with van der Waals surface area (Å²) in [5.41, 5.74) is 2.67. The molecule has 0 amide bonds. The fraction of sp³-hybridized carbons (Fsp3) is 1.00. The van der Waals surface area contributed by atoms with Crippen LogP contribution in [0.5, 0.6) is 0 Å². The van der Waals surface area contributed by atoms with Crippen LogP contribution in [0, 0.1) is 11.8 Å². The van der Waals surface area contributed by atoms with Crippen LogP contribution < -0.4 is 11.3 Å². The van der Waals surface area contributed by atoms with Gasteiger partial charge in [0.25, 0.3) is 0 Å². The molecular formula is C14H30N2O3. The molecule has 5 heteroatoms. The normalized spacial score (nSPS) is 25.6. The first-order valence-corrected chi connectivity index (χ1v) is 7.39. The van der Waals surface area contributed by atoms with Gasteiger partial charge in [0.2, 0.25) is 0 Å². The van der Waals surface area contributed by atoms with Gasteiger partial charge >= 0.3 is 0 Å². The minimum absolute atomic E-state index is 0.0602. The van der Waals surface area contributed by atoms with Crippen molar-refractivity contribution in [2.75, 3.05) is 7.11 Å². The fourth-order valence-electron chi connectivity index (χ4n) is 2.67. The summed E-state index contributed by atoms with van der Waals surface area (Å²) in [7, 11) is 1.54. The molecule has 114 valence electrons. The average molecular weight is 274 g/mol. The highest BCUT2D eigenvalue weighted by Crippen LogP contribution is 2.31. The van der Waals surface area contributed by atoms with Crippen LogP contribution in [0.3, 0.4) is 0 Å². The summed E-state index contributed by atoms with van der Waals surface area (Å²) >= 11 is 0. The van der Waals surface area contributed by atoms with Gasteiger partial charge in [0.1, 0.15) is 12.3 Å². The first-order valence-electron chi connectivity index (χ1n) is 7.39. The predicted octanol–water partition coefficient (Wildman–Crippen LogP) is 1.75. The van der Waals surface area contributed by atoms with Gasteiger partial charge in [-0.05, 0) is 37.5 Å². The molecule has 19 heavy (non-hydrogen) atoms. The Morgan fingerprint density at radius 2 is 2.00 bits per heavy atom. The zero-order chi connectivity index (χ0) is 14.3. The molecule has 0 aromatic heterocycles. The van der Waals surface area contributed by atoms with Crippen molar-refractivity contribution < 1.29 is 14.6 Å². The molecule has 0 aromatic carbocycles. The van der Waals surface area contributed by atoms with Crippen molar-refractivity contribution in [2.24, 2.45) is 17.7 Å². The van der Waals surface area contributed by atoms with Crippen molar-refractivity contribution >= 4 is 0 Å². The van der Waals surface area contributed by atoms with Gasteiger partial charge in [0, 0.05) is 7.11 Å². The Labute approximate surface area is 116 Å². The summed E-state index contributed by atoms with van der Waals surface area (Å²) in [6.45, 7) is 4.52. The van der Waals surface area contributed by atoms with Gasteiger partial charge in [-0.2, -0.15) is 0 Å². The highest BCUT2D eigenvalue weighted by atomic mass is 16.6. The Bertz CT molecular complexity index is 239. The van der Waals surface area contributed by atoms with E-state index in [1.165, 1.54) is 20.0 Å². The molecule has 1 heterocycles. The van der Waals surface area contributed by atoms with E-state index >= 15 is 0 Å². The molecule has 1 fully saturated rings. The van der Waals surface area contributed by atoms with Crippen LogP contribution in [0.2, 0.25) is 0 Å². The predicted molar refractivity (Wildman–Crippen MR) is 75.0 cm³/mol. The third-order valence-corrected chi connectivity index (χ3v) is 3.70. The minimum atomic E-state index is -0.610. The molecule has 4 unspecified atom stereocenters. The minimum Gasteiger partial charge on any atom is -0.368 e. The van der Waals surface area contributed by atoms with Gasteiger partial charge in [-0.1, -0.05) is 26.7 Å². The van der Waals surface area contributed by atoms with Gasteiger partial charge in [-0.15, -0.1) is 0 Å². The number of aliphatic hydroxyl groups is 1. The molecule has 1 saturated heterocycles. The van der Waals surface area contributed by atoms with Crippen LogP contribution in [-0.4, -0.2) is 30.8 Å². The van der Waals surface area contributed by atoms with E-state index in [0.29, 0.717) is 17.9 Å². The highest BCUT2D eigenvalue weighted by Gasteiger charge is 2.39. The molecule has 0 spiro atoms. The lowest BCUT2D eigenvalue weighted by Gasteiger charge is -2.18. The largest absolute Gasteiger partial charge is 0.368 e. The van der Waals surface area contributed by atoms with Crippen LogP contribution in [-0.2, 0) is 9.47 Å². The van der Waals surface area contributed by atoms with E-state index in [2.05, 4.69) is 19.3 Å². The van der Waals surface area contributed by atoms with Crippen LogP contribution in [0.4, 0.5) is 0 Å². The lowest BCUT2D eigenvalue weighted by atomic mass is 9.88. The van der Waals surface area contributed by atoms with E-state index in [1.54, 1.807) is 0 Å². The highest BCUT2D eigenvalue weighted by molar-refractivity contribution is 4.83. The monoisotopic (exact) mass is 274 g/mol. The number of hydrogen-bond donors (Lipinski definition) is 3. The van der Waals surface area contributed by atoms with E-state index in [0.717, 1.165) is 25.7 Å². The number of aliphatic hydroxyl groups excluding tert-OH is 1. The lowest BCUT2D eigenvalue weighted by molar-refractivity contribution is -0.0794. The maximum Gasteiger partial charge on any atom is 0.154 e. The standard InChI is InChI=1S/C14H30N2O3/c1-10(2)8-11(9-12-14(16-15)19-12)6-4-5-7-13(17)18-3/h10-14,16-17H,4-9,15H2,1-3H3. The molecule has 0 aliphatic carbocycles. The summed E-state index contributed by atoms with van der Waals surface area (Å²) in [4.78, 5) is 0. The molecular weight excluding hydrogens is 244 g/mol. The number of unbranched alkanes of at least 4 members (excludes halogenated alkanes) is 1. The Hall–Kier alpha value is -0.200. The molecule has 0 radical (unpaired) electrons. The molecule has 0 bridgehead atoms. The van der Waals surface area contributed by atoms with E-state index in [4.69, 9.17) is 15.3 Å². The van der Waals surface area contributed by atoms with Crippen LogP contribution in [0.15, 0.2) is 0 Å². The lowest BCUT2D eigenvalue weighted by Crippen LogP contribution is -2.27. The SMILES string of the molecule is COC(O)CCCCC(CC(C)C)CC1OC1NN. The van der Waals surface area contributed by atoms with Gasteiger partial charge in [0.15, 0.2) is 6.29 Å². The third kappa shape index (κ3) is 7.22. The fourth-order valence-corrected chi connectivity index (χ4v) is 2.67. The quantitative estimate of drug-likeness (QED) is 0.176. The van der Waals surface area contributed by atoms with E-state index < -0.39 is 6.29 Å². The van der Waals surface area contributed by atoms with Crippen molar-refractivity contribution in [3.8, 4) is 0 Å². The number of rotatable bonds is 11. The van der Waals surface area contributed by atoms with E-state index in [9.17, 15) is 5.11 Å². The molecule has 0 aromatic rings. The molecule has 0 saturated carbocycles. The molecule has 4 atom stereocenters. The van der Waals surface area contributed by atoms with Crippen molar-refractivity contribution in [3.63, 3.8) is 0 Å². The average Bonchev–Trinajstić information content (AvgIpc) is 3.11. The summed E-state index contributed by atoms with van der Waals surface area (Å²) in [5.74, 6) is 6.74. The zero-order valence-electron chi connectivity index (χ0n) is 12.5. The second-order valence-corrected chi connectivity index (χ2v) is 5.97. The summed E-state index contributed by atoms with van der Waals surface area (Å²) in [6, 6.07) is 0. The van der Waals surface area contributed by atoms with Crippen LogP contribution in [0.1, 0.15) is 52.4 Å². The zero-order valence-corrected chi connectivity index (χ0v) is 12.5. The number of nitrogens with one attached hydrogen (secondary N) is 1. The second-order valence-electron chi connectivity index (χ2n) is 5.97. The van der Waals surface area contributed by atoms with Crippen LogP contribution in [0.25, 0.3) is 0 Å². The van der Waals surface area contributed by atoms with E-state index in [-0.39, 0.29) is 6.23 Å². The van der Waals surface area contributed by atoms with Crippen molar-refractivity contribution in [1.29, 1.82) is 0 Å². The molecule has 1 aliphatic heterocycles. The molecule has 5 nitrogen and oxygen atoms in total. The maximum absolute atomic E-state index is 9.33. The smallest absolute Gasteiger partial charge is 0.154 e. The third-order valence-electron chi connectivity index (χ3n) is 3.70. The number of hydrazine groups is 1. The van der Waals surface area contributed by atoms with Crippen molar-refractivity contribution in [2.45, 2.75) is 71.0 Å². The number of ether oxygens (including phenoxy) is 2. The van der Waals surface area contributed by atoms with Gasteiger partial charge in [-0.25, -0.2) is 5.43 Å². The Kier molecular flexibility index (Phi) is 7.87. The Balaban J connectivity index is 2.18. The first kappa shape index (κ1) is 16.9. The van der Waals surface area contributed by atoms with E-state index in [1.807, 2.05) is 0 Å². The Morgan fingerprint density at radius 3 is 2.53 bits per heavy atom. The summed E-state index contributed by atoms with van der Waals surface area (Å²) in [5, 5.41) is 9.33. The van der Waals surface area contributed by atoms with Gasteiger partial charge in [-0.3, -0.25) is 5.84 Å². The number of nitrogens with two attached hydrogens (primary N) is 1. The molecule has 1 rings (SSSR count). The summed E-state index contributed by atoms with van der Waals surface area (Å²) < 4.78 is 10.3. The van der Waals surface area contributed by atoms with Gasteiger partial charge < -0.3 is 14.6 Å². The number of methoxy groups -OCH3 is 1. The van der Waals surface area contributed by atoms with Gasteiger partial charge in [0.05, 0.1) is 0 Å². The molecule has 4 N–H and O–H groups in total. The maximum atomic E-state index is 9.33. The second kappa shape index (κ2) is 8.87. The number of epoxide rings is 1. The summed E-state index contributed by atoms with van der Waals surface area (Å²) in [6.07, 6.45) is 6.09. The van der Waals surface area contributed by atoms with Crippen molar-refractivity contribution in [3.05, 3.63) is 0 Å². The van der Waals surface area contributed by atoms with Crippen LogP contribution >= 0.6 is 0 Å². The number of hydrogen-bond acceptors (Lipinski definition) is 5. The topological polar surface area (TPSA) is 80.0 Å². The van der Waals surface area contributed by atoms with Crippen molar-refractivity contribution in [1.82, 2.24) is 5.43 Å². The molecule has 1 aliphatic rings.